The fourth-order valence-corrected chi connectivity index (χ4v) is 3.85. The molecule has 2 aromatic heterocycles. The zero-order valence-electron chi connectivity index (χ0n) is 18.3. The Balaban J connectivity index is 1.23. The number of nitrogens with one attached hydrogen (secondary N) is 2. The van der Waals surface area contributed by atoms with Crippen LogP contribution in [0, 0.1) is 5.92 Å². The summed E-state index contributed by atoms with van der Waals surface area (Å²) in [7, 11) is 0. The van der Waals surface area contributed by atoms with Crippen LogP contribution in [0.25, 0.3) is 5.65 Å². The normalized spacial score (nSPS) is 14.5. The first-order valence-corrected chi connectivity index (χ1v) is 11.2. The van der Waals surface area contributed by atoms with Gasteiger partial charge in [0, 0.05) is 37.7 Å². The highest BCUT2D eigenvalue weighted by Gasteiger charge is 2.25. The number of hydrogen-bond acceptors (Lipinski definition) is 6. The third-order valence-corrected chi connectivity index (χ3v) is 5.84. The maximum atomic E-state index is 12.6. The first-order chi connectivity index (χ1) is 15.6. The third kappa shape index (κ3) is 5.22. The summed E-state index contributed by atoms with van der Waals surface area (Å²) < 4.78 is 1.66. The summed E-state index contributed by atoms with van der Waals surface area (Å²) in [5.74, 6) is 0.885. The van der Waals surface area contributed by atoms with Crippen molar-refractivity contribution < 1.29 is 9.59 Å². The van der Waals surface area contributed by atoms with Gasteiger partial charge in [0.05, 0.1) is 0 Å². The number of hydrogen-bond donors (Lipinski definition) is 2. The molecular formula is C23H29N7O2. The average molecular weight is 436 g/mol. The van der Waals surface area contributed by atoms with Crippen molar-refractivity contribution in [2.24, 2.45) is 5.92 Å². The molecule has 0 unspecified atom stereocenters. The van der Waals surface area contributed by atoms with Crippen molar-refractivity contribution in [2.75, 3.05) is 24.5 Å². The van der Waals surface area contributed by atoms with E-state index in [1.807, 2.05) is 24.3 Å². The minimum Gasteiger partial charge on any atom is -0.355 e. The monoisotopic (exact) mass is 435 g/mol. The molecule has 0 aliphatic carbocycles. The standard InChI is InChI=1S/C23H29N7O2/c1-2-3-12-24-22(31)18-6-4-17(5-7-18)15-25-23(32)19-10-13-29(14-11-19)21-9-8-20-27-26-16-30(20)28-21/h4-9,16,19H,2-3,10-15H2,1H3,(H,24,31)(H,25,32). The minimum absolute atomic E-state index is 0.00601. The number of rotatable bonds is 8. The molecular weight excluding hydrogens is 406 g/mol. The Morgan fingerprint density at radius 1 is 1.06 bits per heavy atom. The minimum atomic E-state index is -0.0567. The van der Waals surface area contributed by atoms with E-state index in [0.717, 1.165) is 50.2 Å². The quantitative estimate of drug-likeness (QED) is 0.526. The van der Waals surface area contributed by atoms with Gasteiger partial charge in [-0.2, -0.15) is 4.52 Å². The molecule has 3 heterocycles. The molecule has 0 atom stereocenters. The van der Waals surface area contributed by atoms with Crippen molar-refractivity contribution >= 4 is 23.3 Å². The summed E-state index contributed by atoms with van der Waals surface area (Å²) in [6.07, 6.45) is 5.18. The van der Waals surface area contributed by atoms with Gasteiger partial charge in [-0.1, -0.05) is 25.5 Å². The van der Waals surface area contributed by atoms with Crippen LogP contribution in [-0.4, -0.2) is 51.3 Å². The van der Waals surface area contributed by atoms with E-state index >= 15 is 0 Å². The molecule has 9 heteroatoms. The lowest BCUT2D eigenvalue weighted by Gasteiger charge is -2.32. The Morgan fingerprint density at radius 3 is 2.59 bits per heavy atom. The smallest absolute Gasteiger partial charge is 0.251 e. The van der Waals surface area contributed by atoms with Crippen LogP contribution in [0.5, 0.6) is 0 Å². The lowest BCUT2D eigenvalue weighted by Crippen LogP contribution is -2.40. The van der Waals surface area contributed by atoms with E-state index in [0.29, 0.717) is 24.3 Å². The van der Waals surface area contributed by atoms with Crippen molar-refractivity contribution in [3.8, 4) is 0 Å². The molecule has 1 aromatic carbocycles. The van der Waals surface area contributed by atoms with Crippen LogP contribution in [-0.2, 0) is 11.3 Å². The maximum absolute atomic E-state index is 12.6. The zero-order chi connectivity index (χ0) is 22.3. The molecule has 9 nitrogen and oxygen atoms in total. The number of fused-ring (bicyclic) bond motifs is 1. The van der Waals surface area contributed by atoms with Crippen LogP contribution < -0.4 is 15.5 Å². The van der Waals surface area contributed by atoms with Crippen LogP contribution in [0.2, 0.25) is 0 Å². The number of aromatic nitrogens is 4. The molecule has 2 N–H and O–H groups in total. The highest BCUT2D eigenvalue weighted by Crippen LogP contribution is 2.22. The highest BCUT2D eigenvalue weighted by molar-refractivity contribution is 5.94. The van der Waals surface area contributed by atoms with Crippen LogP contribution in [0.3, 0.4) is 0 Å². The molecule has 3 aromatic rings. The van der Waals surface area contributed by atoms with E-state index in [-0.39, 0.29) is 17.7 Å². The Morgan fingerprint density at radius 2 is 1.84 bits per heavy atom. The second-order valence-corrected chi connectivity index (χ2v) is 8.11. The van der Waals surface area contributed by atoms with Gasteiger partial charge in [0.2, 0.25) is 5.91 Å². The Hall–Kier alpha value is -3.49. The summed E-state index contributed by atoms with van der Waals surface area (Å²) >= 11 is 0. The van der Waals surface area contributed by atoms with E-state index in [2.05, 4.69) is 37.8 Å². The van der Waals surface area contributed by atoms with Gasteiger partial charge in [-0.3, -0.25) is 9.59 Å². The van der Waals surface area contributed by atoms with Gasteiger partial charge in [-0.25, -0.2) is 0 Å². The predicted molar refractivity (Wildman–Crippen MR) is 121 cm³/mol. The number of amides is 2. The largest absolute Gasteiger partial charge is 0.355 e. The van der Waals surface area contributed by atoms with Crippen LogP contribution in [0.4, 0.5) is 5.82 Å². The second kappa shape index (κ2) is 10.2. The molecule has 0 radical (unpaired) electrons. The lowest BCUT2D eigenvalue weighted by atomic mass is 9.96. The van der Waals surface area contributed by atoms with E-state index in [1.54, 1.807) is 23.0 Å². The number of nitrogens with zero attached hydrogens (tertiary/aromatic N) is 5. The summed E-state index contributed by atoms with van der Waals surface area (Å²) in [6.45, 7) is 4.80. The number of benzene rings is 1. The third-order valence-electron chi connectivity index (χ3n) is 5.84. The second-order valence-electron chi connectivity index (χ2n) is 8.11. The van der Waals surface area contributed by atoms with Crippen LogP contribution in [0.1, 0.15) is 48.5 Å². The Kier molecular flexibility index (Phi) is 6.94. The first kappa shape index (κ1) is 21.7. The molecule has 1 aliphatic heterocycles. The van der Waals surface area contributed by atoms with Gasteiger partial charge in [0.1, 0.15) is 12.1 Å². The van der Waals surface area contributed by atoms with E-state index in [9.17, 15) is 9.59 Å². The number of unbranched alkanes of at least 4 members (excludes halogenated alkanes) is 1. The Labute approximate surface area is 187 Å². The van der Waals surface area contributed by atoms with Crippen molar-refractivity contribution in [1.29, 1.82) is 0 Å². The highest BCUT2D eigenvalue weighted by atomic mass is 16.2. The van der Waals surface area contributed by atoms with E-state index in [4.69, 9.17) is 0 Å². The zero-order valence-corrected chi connectivity index (χ0v) is 18.3. The molecule has 168 valence electrons. The van der Waals surface area contributed by atoms with Crippen LogP contribution in [0.15, 0.2) is 42.7 Å². The summed E-state index contributed by atoms with van der Waals surface area (Å²) in [6, 6.07) is 11.2. The first-order valence-electron chi connectivity index (χ1n) is 11.2. The fourth-order valence-electron chi connectivity index (χ4n) is 3.85. The Bertz CT molecular complexity index is 1060. The molecule has 1 saturated heterocycles. The predicted octanol–water partition coefficient (Wildman–Crippen LogP) is 2.19. The molecule has 0 spiro atoms. The van der Waals surface area contributed by atoms with Gasteiger partial charge >= 0.3 is 0 Å². The van der Waals surface area contributed by atoms with Gasteiger partial charge < -0.3 is 15.5 Å². The summed E-state index contributed by atoms with van der Waals surface area (Å²) in [5.41, 5.74) is 2.34. The number of anilines is 1. The van der Waals surface area contributed by atoms with Crippen molar-refractivity contribution in [1.82, 2.24) is 30.4 Å². The number of carbonyl (C=O) groups is 2. The SMILES string of the molecule is CCCCNC(=O)c1ccc(CNC(=O)C2CCN(c3ccc4nncn4n3)CC2)cc1. The molecule has 1 fully saturated rings. The topological polar surface area (TPSA) is 105 Å². The fraction of sp³-hybridized carbons (Fsp3) is 0.435. The van der Waals surface area contributed by atoms with E-state index < -0.39 is 0 Å². The maximum Gasteiger partial charge on any atom is 0.251 e. The van der Waals surface area contributed by atoms with E-state index in [1.165, 1.54) is 0 Å². The molecule has 1 aliphatic rings. The van der Waals surface area contributed by atoms with Crippen molar-refractivity contribution in [3.05, 3.63) is 53.9 Å². The number of piperidine rings is 1. The average Bonchev–Trinajstić information content (AvgIpc) is 3.31. The molecule has 2 amide bonds. The van der Waals surface area contributed by atoms with Gasteiger partial charge in [0.25, 0.3) is 5.91 Å². The van der Waals surface area contributed by atoms with Crippen molar-refractivity contribution in [3.63, 3.8) is 0 Å². The van der Waals surface area contributed by atoms with Crippen LogP contribution >= 0.6 is 0 Å². The molecule has 0 bridgehead atoms. The van der Waals surface area contributed by atoms with Gasteiger partial charge in [-0.05, 0) is 49.1 Å². The lowest BCUT2D eigenvalue weighted by molar-refractivity contribution is -0.125. The van der Waals surface area contributed by atoms with Gasteiger partial charge in [0.15, 0.2) is 5.65 Å². The summed E-state index contributed by atoms with van der Waals surface area (Å²) in [5, 5.41) is 18.3. The summed E-state index contributed by atoms with van der Waals surface area (Å²) in [4.78, 5) is 26.9. The van der Waals surface area contributed by atoms with Crippen molar-refractivity contribution in [2.45, 2.75) is 39.2 Å². The molecule has 0 saturated carbocycles. The number of carbonyl (C=O) groups excluding carboxylic acids is 2. The molecule has 4 rings (SSSR count). The molecule has 32 heavy (non-hydrogen) atoms. The van der Waals surface area contributed by atoms with Gasteiger partial charge in [-0.15, -0.1) is 15.3 Å².